The summed E-state index contributed by atoms with van der Waals surface area (Å²) in [6, 6.07) is 17.4. The van der Waals surface area contributed by atoms with Crippen molar-refractivity contribution in [3.8, 4) is 22.5 Å². The average Bonchev–Trinajstić information content (AvgIpc) is 3.39. The second kappa shape index (κ2) is 7.33. The third kappa shape index (κ3) is 3.41. The summed E-state index contributed by atoms with van der Waals surface area (Å²) in [7, 11) is 0. The maximum atomic E-state index is 12.5. The second-order valence-corrected chi connectivity index (χ2v) is 6.52. The van der Waals surface area contributed by atoms with E-state index >= 15 is 0 Å². The van der Waals surface area contributed by atoms with E-state index in [1.807, 2.05) is 53.9 Å². The molecule has 128 valence electrons. The number of nitrogens with zero attached hydrogens (tertiary/aromatic N) is 2. The lowest BCUT2D eigenvalue weighted by molar-refractivity contribution is 0.0946. The van der Waals surface area contributed by atoms with Crippen LogP contribution in [0, 0.1) is 0 Å². The third-order valence-corrected chi connectivity index (χ3v) is 4.70. The number of hydrogen-bond donors (Lipinski definition) is 2. The van der Waals surface area contributed by atoms with Gasteiger partial charge in [0.1, 0.15) is 5.69 Å². The van der Waals surface area contributed by atoms with Gasteiger partial charge in [0.15, 0.2) is 0 Å². The first-order valence-corrected chi connectivity index (χ1v) is 9.11. The number of nitrogens with one attached hydrogen (secondary N) is 2. The summed E-state index contributed by atoms with van der Waals surface area (Å²) in [5.74, 6) is -0.195. The fourth-order valence-electron chi connectivity index (χ4n) is 2.71. The Morgan fingerprint density at radius 2 is 1.96 bits per heavy atom. The van der Waals surface area contributed by atoms with Gasteiger partial charge in [0.25, 0.3) is 5.91 Å². The highest BCUT2D eigenvalue weighted by atomic mass is 32.1. The van der Waals surface area contributed by atoms with Gasteiger partial charge in [0, 0.05) is 29.2 Å². The molecule has 4 rings (SSSR count). The Balaban J connectivity index is 1.48. The van der Waals surface area contributed by atoms with Crippen molar-refractivity contribution in [2.45, 2.75) is 6.54 Å². The maximum absolute atomic E-state index is 12.5. The Morgan fingerprint density at radius 3 is 2.77 bits per heavy atom. The lowest BCUT2D eigenvalue weighted by Gasteiger charge is -2.08. The number of pyridine rings is 1. The molecule has 0 atom stereocenters. The summed E-state index contributed by atoms with van der Waals surface area (Å²) in [6.45, 7) is 0.400. The lowest BCUT2D eigenvalue weighted by Crippen LogP contribution is -2.23. The number of aromatic nitrogens is 3. The Kier molecular flexibility index (Phi) is 4.57. The molecule has 2 N–H and O–H groups in total. The molecule has 26 heavy (non-hydrogen) atoms. The van der Waals surface area contributed by atoms with Crippen molar-refractivity contribution >= 4 is 17.2 Å². The minimum absolute atomic E-state index is 0.195. The topological polar surface area (TPSA) is 70.7 Å². The molecule has 1 amide bonds. The van der Waals surface area contributed by atoms with E-state index in [2.05, 4.69) is 25.9 Å². The van der Waals surface area contributed by atoms with E-state index < -0.39 is 0 Å². The van der Waals surface area contributed by atoms with Gasteiger partial charge in [-0.25, -0.2) is 0 Å². The zero-order chi connectivity index (χ0) is 17.8. The fraction of sp³-hybridized carbons (Fsp3) is 0.0500. The molecule has 0 spiro atoms. The molecule has 3 heterocycles. The highest BCUT2D eigenvalue weighted by Gasteiger charge is 2.12. The average molecular weight is 360 g/mol. The Hall–Kier alpha value is -3.25. The molecule has 0 saturated carbocycles. The van der Waals surface area contributed by atoms with Gasteiger partial charge in [0.05, 0.1) is 11.4 Å². The maximum Gasteiger partial charge on any atom is 0.269 e. The van der Waals surface area contributed by atoms with Crippen molar-refractivity contribution in [3.63, 3.8) is 0 Å². The number of carbonyl (C=O) groups is 1. The Bertz CT molecular complexity index is 1010. The predicted molar refractivity (Wildman–Crippen MR) is 103 cm³/mol. The van der Waals surface area contributed by atoms with Crippen molar-refractivity contribution in [2.24, 2.45) is 0 Å². The first kappa shape index (κ1) is 16.2. The van der Waals surface area contributed by atoms with Gasteiger partial charge in [-0.2, -0.15) is 16.4 Å². The molecule has 6 heteroatoms. The van der Waals surface area contributed by atoms with Crippen molar-refractivity contribution in [1.29, 1.82) is 0 Å². The van der Waals surface area contributed by atoms with E-state index in [1.54, 1.807) is 23.6 Å². The third-order valence-electron chi connectivity index (χ3n) is 4.02. The molecule has 0 aliphatic heterocycles. The van der Waals surface area contributed by atoms with Crippen molar-refractivity contribution in [3.05, 3.63) is 82.8 Å². The monoisotopic (exact) mass is 360 g/mol. The Morgan fingerprint density at radius 1 is 1.08 bits per heavy atom. The van der Waals surface area contributed by atoms with E-state index in [9.17, 15) is 4.79 Å². The van der Waals surface area contributed by atoms with Crippen LogP contribution < -0.4 is 5.32 Å². The van der Waals surface area contributed by atoms with Crippen LogP contribution in [0.5, 0.6) is 0 Å². The van der Waals surface area contributed by atoms with Gasteiger partial charge >= 0.3 is 0 Å². The highest BCUT2D eigenvalue weighted by molar-refractivity contribution is 7.08. The molecule has 1 aromatic carbocycles. The second-order valence-electron chi connectivity index (χ2n) is 5.74. The SMILES string of the molecule is O=C(NCc1cccnc1-c1ccsc1)c1cc(-c2ccccc2)n[nH]1. The zero-order valence-electron chi connectivity index (χ0n) is 13.8. The van der Waals surface area contributed by atoms with Crippen molar-refractivity contribution < 1.29 is 4.79 Å². The van der Waals surface area contributed by atoms with Crippen LogP contribution >= 0.6 is 11.3 Å². The van der Waals surface area contributed by atoms with E-state index in [-0.39, 0.29) is 5.91 Å². The number of aromatic amines is 1. The Labute approximate surface area is 154 Å². The molecular formula is C20H16N4OS. The normalized spacial score (nSPS) is 10.6. The standard InChI is InChI=1S/C20H16N4OS/c25-20(18-11-17(23-24-18)14-5-2-1-3-6-14)22-12-15-7-4-9-21-19(15)16-8-10-26-13-16/h1-11,13H,12H2,(H,22,25)(H,23,24). The largest absolute Gasteiger partial charge is 0.347 e. The summed E-state index contributed by atoms with van der Waals surface area (Å²) in [6.07, 6.45) is 1.76. The predicted octanol–water partition coefficient (Wildman–Crippen LogP) is 4.13. The number of hydrogen-bond acceptors (Lipinski definition) is 4. The van der Waals surface area contributed by atoms with Crippen LogP contribution in [0.25, 0.3) is 22.5 Å². The van der Waals surface area contributed by atoms with Gasteiger partial charge < -0.3 is 5.32 Å². The number of H-pyrrole nitrogens is 1. The number of benzene rings is 1. The number of thiophene rings is 1. The van der Waals surface area contributed by atoms with E-state index in [1.165, 1.54) is 0 Å². The number of rotatable bonds is 5. The van der Waals surface area contributed by atoms with Crippen LogP contribution in [0.15, 0.2) is 71.6 Å². The molecule has 0 unspecified atom stereocenters. The van der Waals surface area contributed by atoms with Crippen LogP contribution in [0.2, 0.25) is 0 Å². The summed E-state index contributed by atoms with van der Waals surface area (Å²) in [5, 5.41) is 14.0. The number of amides is 1. The van der Waals surface area contributed by atoms with Gasteiger partial charge in [-0.1, -0.05) is 36.4 Å². The van der Waals surface area contributed by atoms with Gasteiger partial charge in [-0.3, -0.25) is 14.9 Å². The minimum Gasteiger partial charge on any atom is -0.347 e. The molecule has 0 aliphatic carbocycles. The molecule has 0 fully saturated rings. The molecule has 0 aliphatic rings. The highest BCUT2D eigenvalue weighted by Crippen LogP contribution is 2.23. The van der Waals surface area contributed by atoms with E-state index in [0.29, 0.717) is 12.2 Å². The first-order valence-electron chi connectivity index (χ1n) is 8.17. The quantitative estimate of drug-likeness (QED) is 0.562. The smallest absolute Gasteiger partial charge is 0.269 e. The van der Waals surface area contributed by atoms with Gasteiger partial charge in [0.2, 0.25) is 0 Å². The summed E-state index contributed by atoms with van der Waals surface area (Å²) in [4.78, 5) is 16.9. The molecular weight excluding hydrogens is 344 g/mol. The molecule has 0 saturated heterocycles. The van der Waals surface area contributed by atoms with Crippen molar-refractivity contribution in [1.82, 2.24) is 20.5 Å². The lowest BCUT2D eigenvalue weighted by atomic mass is 10.1. The molecule has 4 aromatic rings. The van der Waals surface area contributed by atoms with E-state index in [0.717, 1.165) is 28.1 Å². The van der Waals surface area contributed by atoms with Gasteiger partial charge in [-0.15, -0.1) is 0 Å². The van der Waals surface area contributed by atoms with E-state index in [4.69, 9.17) is 0 Å². The molecule has 0 bridgehead atoms. The van der Waals surface area contributed by atoms with Crippen LogP contribution in [0.3, 0.4) is 0 Å². The summed E-state index contributed by atoms with van der Waals surface area (Å²) < 4.78 is 0. The first-order chi connectivity index (χ1) is 12.8. The van der Waals surface area contributed by atoms with Crippen LogP contribution in [0.1, 0.15) is 16.1 Å². The summed E-state index contributed by atoms with van der Waals surface area (Å²) in [5.41, 5.74) is 5.08. The van der Waals surface area contributed by atoms with Crippen LogP contribution in [-0.2, 0) is 6.54 Å². The zero-order valence-corrected chi connectivity index (χ0v) is 14.7. The molecule has 3 aromatic heterocycles. The fourth-order valence-corrected chi connectivity index (χ4v) is 3.35. The van der Waals surface area contributed by atoms with Crippen molar-refractivity contribution in [2.75, 3.05) is 0 Å². The summed E-state index contributed by atoms with van der Waals surface area (Å²) >= 11 is 1.62. The minimum atomic E-state index is -0.195. The van der Waals surface area contributed by atoms with Crippen LogP contribution in [0.4, 0.5) is 0 Å². The van der Waals surface area contributed by atoms with Crippen LogP contribution in [-0.4, -0.2) is 21.1 Å². The molecule has 0 radical (unpaired) electrons. The molecule has 5 nitrogen and oxygen atoms in total. The van der Waals surface area contributed by atoms with Gasteiger partial charge in [-0.05, 0) is 29.1 Å². The number of carbonyl (C=O) groups excluding carboxylic acids is 1.